The van der Waals surface area contributed by atoms with Crippen molar-refractivity contribution in [3.63, 3.8) is 0 Å². The lowest BCUT2D eigenvalue weighted by molar-refractivity contribution is 0.593. The van der Waals surface area contributed by atoms with E-state index in [-0.39, 0.29) is 5.82 Å². The fourth-order valence-corrected chi connectivity index (χ4v) is 2.17. The third kappa shape index (κ3) is 3.35. The van der Waals surface area contributed by atoms with Crippen LogP contribution in [0, 0.1) is 5.82 Å². The Hall–Kier alpha value is -1.26. The van der Waals surface area contributed by atoms with Gasteiger partial charge in [-0.2, -0.15) is 4.37 Å². The van der Waals surface area contributed by atoms with Crippen molar-refractivity contribution in [1.82, 2.24) is 9.69 Å². The highest BCUT2D eigenvalue weighted by Crippen LogP contribution is 2.22. The molecule has 0 aliphatic heterocycles. The summed E-state index contributed by atoms with van der Waals surface area (Å²) in [6.07, 6.45) is 0. The Balaban J connectivity index is 2.12. The Kier molecular flexibility index (Phi) is 3.86. The maximum atomic E-state index is 13.1. The Morgan fingerprint density at radius 1 is 1.35 bits per heavy atom. The topological polar surface area (TPSA) is 24.9 Å². The van der Waals surface area contributed by atoms with Gasteiger partial charge in [0.05, 0.1) is 5.69 Å². The number of aromatic nitrogens is 1. The fourth-order valence-electron chi connectivity index (χ4n) is 1.48. The lowest BCUT2D eigenvalue weighted by Gasteiger charge is -2.04. The van der Waals surface area contributed by atoms with Crippen LogP contribution in [0.3, 0.4) is 0 Å². The Labute approximate surface area is 105 Å². The molecule has 1 aromatic carbocycles. The molecule has 0 radical (unpaired) electrons. The lowest BCUT2D eigenvalue weighted by atomic mass is 10.1. The van der Waals surface area contributed by atoms with Crippen LogP contribution in [-0.4, -0.2) is 10.4 Å². The molecule has 90 valence electrons. The summed E-state index contributed by atoms with van der Waals surface area (Å²) < 4.78 is 17.4. The van der Waals surface area contributed by atoms with Crippen molar-refractivity contribution in [3.05, 3.63) is 41.0 Å². The third-order valence-electron chi connectivity index (χ3n) is 2.36. The van der Waals surface area contributed by atoms with Gasteiger partial charge in [-0.3, -0.25) is 0 Å². The van der Waals surface area contributed by atoms with E-state index >= 15 is 0 Å². The van der Waals surface area contributed by atoms with Gasteiger partial charge in [-0.05, 0) is 29.7 Å². The van der Waals surface area contributed by atoms with Crippen LogP contribution in [0.2, 0.25) is 0 Å². The number of halogens is 1. The molecule has 0 amide bonds. The zero-order valence-electron chi connectivity index (χ0n) is 9.90. The molecule has 4 heteroatoms. The first-order valence-corrected chi connectivity index (χ1v) is 6.37. The minimum Gasteiger partial charge on any atom is -0.310 e. The zero-order chi connectivity index (χ0) is 12.3. The fraction of sp³-hybridized carbons (Fsp3) is 0.308. The quantitative estimate of drug-likeness (QED) is 0.899. The van der Waals surface area contributed by atoms with E-state index in [1.807, 2.05) is 12.1 Å². The van der Waals surface area contributed by atoms with E-state index in [0.29, 0.717) is 6.04 Å². The third-order valence-corrected chi connectivity index (χ3v) is 3.15. The van der Waals surface area contributed by atoms with Gasteiger partial charge in [0.25, 0.3) is 0 Å². The number of nitrogens with zero attached hydrogens (tertiary/aromatic N) is 1. The Morgan fingerprint density at radius 3 is 2.88 bits per heavy atom. The molecule has 2 nitrogen and oxygen atoms in total. The Morgan fingerprint density at radius 2 is 2.18 bits per heavy atom. The first-order chi connectivity index (χ1) is 8.15. The highest BCUT2D eigenvalue weighted by Gasteiger charge is 2.05. The summed E-state index contributed by atoms with van der Waals surface area (Å²) in [5, 5.41) is 3.33. The molecule has 17 heavy (non-hydrogen) atoms. The normalized spacial score (nSPS) is 11.1. The van der Waals surface area contributed by atoms with E-state index in [9.17, 15) is 4.39 Å². The molecule has 1 heterocycles. The highest BCUT2D eigenvalue weighted by atomic mass is 32.1. The molecule has 2 rings (SSSR count). The van der Waals surface area contributed by atoms with Crippen molar-refractivity contribution in [1.29, 1.82) is 0 Å². The Bertz CT molecular complexity index is 494. The van der Waals surface area contributed by atoms with E-state index < -0.39 is 0 Å². The smallest absolute Gasteiger partial charge is 0.123 e. The summed E-state index contributed by atoms with van der Waals surface area (Å²) in [4.78, 5) is 1.16. The second-order valence-electron chi connectivity index (χ2n) is 4.22. The van der Waals surface area contributed by atoms with Crippen LogP contribution >= 0.6 is 11.5 Å². The molecule has 0 saturated carbocycles. The van der Waals surface area contributed by atoms with Gasteiger partial charge in [-0.25, -0.2) is 4.39 Å². The number of rotatable bonds is 4. The maximum absolute atomic E-state index is 13.1. The van der Waals surface area contributed by atoms with Crippen molar-refractivity contribution in [3.8, 4) is 11.3 Å². The number of hydrogen-bond acceptors (Lipinski definition) is 3. The molecule has 0 aliphatic carbocycles. The van der Waals surface area contributed by atoms with Crippen LogP contribution in [0.4, 0.5) is 4.39 Å². The first-order valence-electron chi connectivity index (χ1n) is 5.60. The van der Waals surface area contributed by atoms with E-state index in [1.54, 1.807) is 6.07 Å². The molecule has 0 aliphatic rings. The molecule has 0 spiro atoms. The molecule has 0 saturated heterocycles. The van der Waals surface area contributed by atoms with Crippen LogP contribution in [0.5, 0.6) is 0 Å². The molecular weight excluding hydrogens is 235 g/mol. The van der Waals surface area contributed by atoms with E-state index in [4.69, 9.17) is 0 Å². The van der Waals surface area contributed by atoms with Crippen molar-refractivity contribution in [2.45, 2.75) is 26.4 Å². The van der Waals surface area contributed by atoms with Gasteiger partial charge in [-0.1, -0.05) is 26.0 Å². The van der Waals surface area contributed by atoms with E-state index in [1.165, 1.54) is 23.7 Å². The molecule has 0 atom stereocenters. The van der Waals surface area contributed by atoms with Gasteiger partial charge < -0.3 is 5.32 Å². The minimum absolute atomic E-state index is 0.225. The number of benzene rings is 1. The highest BCUT2D eigenvalue weighted by molar-refractivity contribution is 7.06. The monoisotopic (exact) mass is 250 g/mol. The van der Waals surface area contributed by atoms with E-state index in [2.05, 4.69) is 23.5 Å². The SMILES string of the molecule is CC(C)NCc1cc(-c2cccc(F)c2)ns1. The van der Waals surface area contributed by atoms with Gasteiger partial charge in [0, 0.05) is 23.0 Å². The zero-order valence-corrected chi connectivity index (χ0v) is 10.7. The van der Waals surface area contributed by atoms with Gasteiger partial charge >= 0.3 is 0 Å². The maximum Gasteiger partial charge on any atom is 0.123 e. The van der Waals surface area contributed by atoms with Gasteiger partial charge in [-0.15, -0.1) is 0 Å². The van der Waals surface area contributed by atoms with Crippen LogP contribution in [0.15, 0.2) is 30.3 Å². The molecule has 0 unspecified atom stereocenters. The number of hydrogen-bond donors (Lipinski definition) is 1. The van der Waals surface area contributed by atoms with Crippen LogP contribution < -0.4 is 5.32 Å². The lowest BCUT2D eigenvalue weighted by Crippen LogP contribution is -2.21. The van der Waals surface area contributed by atoms with Gasteiger partial charge in [0.15, 0.2) is 0 Å². The van der Waals surface area contributed by atoms with E-state index in [0.717, 1.165) is 22.7 Å². The largest absolute Gasteiger partial charge is 0.310 e. The van der Waals surface area contributed by atoms with Crippen LogP contribution in [0.25, 0.3) is 11.3 Å². The summed E-state index contributed by atoms with van der Waals surface area (Å²) in [7, 11) is 0. The average Bonchev–Trinajstić information content (AvgIpc) is 2.75. The summed E-state index contributed by atoms with van der Waals surface area (Å²) in [5.41, 5.74) is 1.67. The van der Waals surface area contributed by atoms with Crippen LogP contribution in [0.1, 0.15) is 18.7 Å². The summed E-state index contributed by atoms with van der Waals surface area (Å²) in [6, 6.07) is 8.99. The molecule has 0 fully saturated rings. The second kappa shape index (κ2) is 5.38. The van der Waals surface area contributed by atoms with Crippen molar-refractivity contribution < 1.29 is 4.39 Å². The average molecular weight is 250 g/mol. The molecule has 1 aromatic heterocycles. The predicted molar refractivity (Wildman–Crippen MR) is 69.5 cm³/mol. The molecule has 0 bridgehead atoms. The first kappa shape index (κ1) is 12.2. The van der Waals surface area contributed by atoms with Crippen LogP contribution in [-0.2, 0) is 6.54 Å². The van der Waals surface area contributed by atoms with Gasteiger partial charge in [0.1, 0.15) is 5.82 Å². The molecule has 1 N–H and O–H groups in total. The summed E-state index contributed by atoms with van der Waals surface area (Å²) in [6.45, 7) is 5.02. The summed E-state index contributed by atoms with van der Waals surface area (Å²) >= 11 is 1.46. The standard InChI is InChI=1S/C13H15FN2S/c1-9(2)15-8-12-7-13(16-17-12)10-4-3-5-11(14)6-10/h3-7,9,15H,8H2,1-2H3. The van der Waals surface area contributed by atoms with Crippen molar-refractivity contribution in [2.24, 2.45) is 0 Å². The van der Waals surface area contributed by atoms with Crippen molar-refractivity contribution >= 4 is 11.5 Å². The second-order valence-corrected chi connectivity index (χ2v) is 5.11. The minimum atomic E-state index is -0.225. The molecule has 2 aromatic rings. The predicted octanol–water partition coefficient (Wildman–Crippen LogP) is 3.45. The number of nitrogens with one attached hydrogen (secondary N) is 1. The summed E-state index contributed by atoms with van der Waals surface area (Å²) in [5.74, 6) is -0.225. The molecular formula is C13H15FN2S. The van der Waals surface area contributed by atoms with Gasteiger partial charge in [0.2, 0.25) is 0 Å². The van der Waals surface area contributed by atoms with Crippen molar-refractivity contribution in [2.75, 3.05) is 0 Å².